The van der Waals surface area contributed by atoms with E-state index in [0.717, 1.165) is 18.4 Å². The highest BCUT2D eigenvalue weighted by molar-refractivity contribution is 5.87. The van der Waals surface area contributed by atoms with Crippen molar-refractivity contribution in [3.05, 3.63) is 35.5 Å². The van der Waals surface area contributed by atoms with E-state index in [0.29, 0.717) is 6.42 Å². The number of carbonyl (C=O) groups excluding carboxylic acids is 1. The molecule has 0 fully saturated rings. The first-order valence-electron chi connectivity index (χ1n) is 7.54. The van der Waals surface area contributed by atoms with E-state index in [2.05, 4.69) is 36.3 Å². The van der Waals surface area contributed by atoms with E-state index in [1.807, 2.05) is 12.1 Å². The Hall–Kier alpha value is -1.81. The molecular formula is C17H22N2O2. The van der Waals surface area contributed by atoms with Gasteiger partial charge < -0.3 is 9.72 Å². The third-order valence-corrected chi connectivity index (χ3v) is 4.50. The molecule has 0 unspecified atom stereocenters. The minimum absolute atomic E-state index is 0.187. The van der Waals surface area contributed by atoms with Gasteiger partial charge in [0.15, 0.2) is 0 Å². The van der Waals surface area contributed by atoms with E-state index < -0.39 is 0 Å². The van der Waals surface area contributed by atoms with E-state index in [1.165, 1.54) is 23.8 Å². The predicted octanol–water partition coefficient (Wildman–Crippen LogP) is 2.87. The van der Waals surface area contributed by atoms with Crippen molar-refractivity contribution in [1.29, 1.82) is 0 Å². The quantitative estimate of drug-likeness (QED) is 0.853. The van der Waals surface area contributed by atoms with Crippen LogP contribution in [0, 0.1) is 0 Å². The molecule has 0 bridgehead atoms. The fourth-order valence-electron chi connectivity index (χ4n) is 3.58. The molecular weight excluding hydrogens is 264 g/mol. The lowest BCUT2D eigenvalue weighted by Crippen LogP contribution is -2.54. The normalized spacial score (nSPS) is 24.8. The first-order chi connectivity index (χ1) is 10.1. The van der Waals surface area contributed by atoms with Gasteiger partial charge in [-0.1, -0.05) is 31.5 Å². The van der Waals surface area contributed by atoms with Crippen LogP contribution in [-0.2, 0) is 21.5 Å². The van der Waals surface area contributed by atoms with Crippen LogP contribution < -0.4 is 5.32 Å². The van der Waals surface area contributed by atoms with Gasteiger partial charge in [0.25, 0.3) is 0 Å². The predicted molar refractivity (Wildman–Crippen MR) is 83.2 cm³/mol. The summed E-state index contributed by atoms with van der Waals surface area (Å²) in [7, 11) is 1.45. The van der Waals surface area contributed by atoms with E-state index in [9.17, 15) is 4.79 Å². The lowest BCUT2D eigenvalue weighted by Gasteiger charge is -2.38. The number of hydrogen-bond donors (Lipinski definition) is 2. The van der Waals surface area contributed by atoms with Crippen molar-refractivity contribution in [3.8, 4) is 0 Å². The third-order valence-electron chi connectivity index (χ3n) is 4.50. The number of H-pyrrole nitrogens is 1. The number of nitrogens with one attached hydrogen (secondary N) is 2. The molecule has 1 aliphatic rings. The monoisotopic (exact) mass is 286 g/mol. The molecule has 2 N–H and O–H groups in total. The average Bonchev–Trinajstić information content (AvgIpc) is 2.86. The van der Waals surface area contributed by atoms with Gasteiger partial charge in [0.2, 0.25) is 0 Å². The van der Waals surface area contributed by atoms with Gasteiger partial charge in [-0.15, -0.1) is 0 Å². The smallest absolute Gasteiger partial charge is 0.323 e. The number of ether oxygens (including phenoxy) is 1. The molecule has 4 heteroatoms. The van der Waals surface area contributed by atoms with Gasteiger partial charge in [-0.25, -0.2) is 0 Å². The third kappa shape index (κ3) is 2.23. The minimum atomic E-state index is -0.279. The van der Waals surface area contributed by atoms with Crippen LogP contribution in [0.1, 0.15) is 37.9 Å². The molecule has 0 aliphatic carbocycles. The molecule has 2 heterocycles. The molecule has 0 radical (unpaired) electrons. The summed E-state index contributed by atoms with van der Waals surface area (Å²) in [6.45, 7) is 4.33. The number of para-hydroxylation sites is 1. The van der Waals surface area contributed by atoms with Crippen LogP contribution in [0.5, 0.6) is 0 Å². The molecule has 112 valence electrons. The second-order valence-electron chi connectivity index (χ2n) is 6.03. The summed E-state index contributed by atoms with van der Waals surface area (Å²) < 4.78 is 4.95. The van der Waals surface area contributed by atoms with Crippen LogP contribution in [-0.4, -0.2) is 24.1 Å². The molecule has 1 aromatic carbocycles. The number of benzene rings is 1. The molecule has 2 atom stereocenters. The maximum absolute atomic E-state index is 12.0. The molecule has 2 aromatic rings. The second kappa shape index (κ2) is 5.19. The Bertz CT molecular complexity index is 676. The summed E-state index contributed by atoms with van der Waals surface area (Å²) in [5.74, 6) is -0.187. The molecule has 0 saturated heterocycles. The lowest BCUT2D eigenvalue weighted by atomic mass is 9.82. The Balaban J connectivity index is 2.15. The zero-order chi connectivity index (χ0) is 15.0. The van der Waals surface area contributed by atoms with Gasteiger partial charge in [-0.3, -0.25) is 10.1 Å². The summed E-state index contributed by atoms with van der Waals surface area (Å²) in [5.41, 5.74) is 3.37. The van der Waals surface area contributed by atoms with E-state index in [4.69, 9.17) is 4.74 Å². The van der Waals surface area contributed by atoms with E-state index in [1.54, 1.807) is 0 Å². The van der Waals surface area contributed by atoms with Crippen LogP contribution >= 0.6 is 0 Å². The van der Waals surface area contributed by atoms with Crippen LogP contribution in [0.15, 0.2) is 24.3 Å². The van der Waals surface area contributed by atoms with Crippen molar-refractivity contribution >= 4 is 16.9 Å². The minimum Gasteiger partial charge on any atom is -0.468 e. The molecule has 0 saturated carbocycles. The Kier molecular flexibility index (Phi) is 3.49. The summed E-state index contributed by atoms with van der Waals surface area (Å²) >= 11 is 0. The number of hydrogen-bond acceptors (Lipinski definition) is 3. The number of aromatic nitrogens is 1. The molecule has 4 nitrogen and oxygen atoms in total. The molecule has 0 spiro atoms. The number of esters is 1. The molecule has 1 aliphatic heterocycles. The van der Waals surface area contributed by atoms with E-state index in [-0.39, 0.29) is 17.6 Å². The Morgan fingerprint density at radius 1 is 1.43 bits per heavy atom. The van der Waals surface area contributed by atoms with Crippen molar-refractivity contribution in [2.24, 2.45) is 0 Å². The van der Waals surface area contributed by atoms with Crippen LogP contribution in [0.2, 0.25) is 0 Å². The van der Waals surface area contributed by atoms with Crippen LogP contribution in [0.3, 0.4) is 0 Å². The van der Waals surface area contributed by atoms with E-state index >= 15 is 0 Å². The highest BCUT2D eigenvalue weighted by Crippen LogP contribution is 2.37. The Labute approximate surface area is 124 Å². The van der Waals surface area contributed by atoms with Crippen LogP contribution in [0.25, 0.3) is 10.9 Å². The number of methoxy groups -OCH3 is 1. The fourth-order valence-corrected chi connectivity index (χ4v) is 3.58. The van der Waals surface area contributed by atoms with Crippen molar-refractivity contribution in [3.63, 3.8) is 0 Å². The summed E-state index contributed by atoms with van der Waals surface area (Å²) in [4.78, 5) is 15.6. The largest absolute Gasteiger partial charge is 0.468 e. The Morgan fingerprint density at radius 2 is 2.19 bits per heavy atom. The summed E-state index contributed by atoms with van der Waals surface area (Å²) in [6, 6.07) is 8.01. The zero-order valence-corrected chi connectivity index (χ0v) is 12.8. The van der Waals surface area contributed by atoms with Crippen molar-refractivity contribution < 1.29 is 9.53 Å². The SMILES string of the molecule is CCC[C@@]1(C)N[C@H](C(=O)OC)Cc2c1[nH]c1ccccc21. The van der Waals surface area contributed by atoms with Gasteiger partial charge in [0.1, 0.15) is 6.04 Å². The van der Waals surface area contributed by atoms with Gasteiger partial charge in [0.05, 0.1) is 12.6 Å². The molecule has 3 rings (SSSR count). The highest BCUT2D eigenvalue weighted by Gasteiger charge is 2.40. The second-order valence-corrected chi connectivity index (χ2v) is 6.03. The fraction of sp³-hybridized carbons (Fsp3) is 0.471. The standard InChI is InChI=1S/C17H22N2O2/c1-4-9-17(2)15-12(10-14(19-17)16(20)21-3)11-7-5-6-8-13(11)18-15/h5-8,14,18-19H,4,9-10H2,1-3H3/t14-,17+/m0/s1. The van der Waals surface area contributed by atoms with Gasteiger partial charge in [0, 0.05) is 23.0 Å². The van der Waals surface area contributed by atoms with Crippen molar-refractivity contribution in [1.82, 2.24) is 10.3 Å². The van der Waals surface area contributed by atoms with Crippen molar-refractivity contribution in [2.45, 2.75) is 44.7 Å². The number of aromatic amines is 1. The molecule has 1 aromatic heterocycles. The zero-order valence-electron chi connectivity index (χ0n) is 12.8. The first kappa shape index (κ1) is 14.1. The average molecular weight is 286 g/mol. The molecule has 21 heavy (non-hydrogen) atoms. The van der Waals surface area contributed by atoms with Gasteiger partial charge in [-0.05, 0) is 25.0 Å². The van der Waals surface area contributed by atoms with Crippen molar-refractivity contribution in [2.75, 3.05) is 7.11 Å². The van der Waals surface area contributed by atoms with Gasteiger partial charge in [-0.2, -0.15) is 0 Å². The van der Waals surface area contributed by atoms with Crippen LogP contribution in [0.4, 0.5) is 0 Å². The number of rotatable bonds is 3. The number of carbonyl (C=O) groups is 1. The lowest BCUT2D eigenvalue weighted by molar-refractivity contribution is -0.144. The summed E-state index contributed by atoms with van der Waals surface area (Å²) in [5, 5.41) is 4.71. The van der Waals surface area contributed by atoms with Gasteiger partial charge >= 0.3 is 5.97 Å². The topological polar surface area (TPSA) is 54.1 Å². The molecule has 0 amide bonds. The number of fused-ring (bicyclic) bond motifs is 3. The summed E-state index contributed by atoms with van der Waals surface area (Å²) in [6.07, 6.45) is 2.69. The highest BCUT2D eigenvalue weighted by atomic mass is 16.5. The Morgan fingerprint density at radius 3 is 2.90 bits per heavy atom. The first-order valence-corrected chi connectivity index (χ1v) is 7.54. The maximum atomic E-state index is 12.0. The maximum Gasteiger partial charge on any atom is 0.323 e.